The quantitative estimate of drug-likeness (QED) is 0.632. The lowest BCUT2D eigenvalue weighted by Crippen LogP contribution is -1.89. The molecule has 1 heterocycles. The van der Waals surface area contributed by atoms with Crippen molar-refractivity contribution in [3.05, 3.63) is 23.8 Å². The van der Waals surface area contributed by atoms with Gasteiger partial charge in [-0.3, -0.25) is 0 Å². The number of para-hydroxylation sites is 1. The van der Waals surface area contributed by atoms with Crippen LogP contribution >= 0.6 is 26.6 Å². The molecule has 1 aromatic heterocycles. The van der Waals surface area contributed by atoms with Crippen LogP contribution in [-0.4, -0.2) is 13.4 Å². The molecule has 2 aromatic rings. The Morgan fingerprint density at radius 2 is 2.20 bits per heavy atom. The van der Waals surface area contributed by atoms with Crippen LogP contribution in [0.4, 0.5) is 0 Å². The van der Waals surface area contributed by atoms with Crippen LogP contribution in [0.25, 0.3) is 11.1 Å². The SMILES string of the molecule is O=S(=O)(Cl)c1nc2c(CBr)cccc2o1. The first-order valence-electron chi connectivity index (χ1n) is 3.91. The van der Waals surface area contributed by atoms with Crippen LogP contribution in [-0.2, 0) is 14.4 Å². The Balaban J connectivity index is 2.76. The van der Waals surface area contributed by atoms with Crippen LogP contribution in [0.5, 0.6) is 0 Å². The lowest BCUT2D eigenvalue weighted by Gasteiger charge is -1.92. The maximum atomic E-state index is 11.0. The molecule has 0 atom stereocenters. The lowest BCUT2D eigenvalue weighted by molar-refractivity contribution is 0.464. The third-order valence-electron chi connectivity index (χ3n) is 1.84. The molecule has 0 aliphatic carbocycles. The van der Waals surface area contributed by atoms with Crippen molar-refractivity contribution in [2.45, 2.75) is 10.6 Å². The highest BCUT2D eigenvalue weighted by Crippen LogP contribution is 2.25. The smallest absolute Gasteiger partial charge is 0.332 e. The van der Waals surface area contributed by atoms with E-state index in [2.05, 4.69) is 20.9 Å². The number of nitrogens with zero attached hydrogens (tertiary/aromatic N) is 1. The fourth-order valence-electron chi connectivity index (χ4n) is 1.20. The van der Waals surface area contributed by atoms with Gasteiger partial charge >= 0.3 is 14.3 Å². The maximum Gasteiger partial charge on any atom is 0.332 e. The molecule has 4 nitrogen and oxygen atoms in total. The maximum absolute atomic E-state index is 11.0. The minimum Gasteiger partial charge on any atom is -0.427 e. The third kappa shape index (κ3) is 2.02. The minimum absolute atomic E-state index is 0.408. The zero-order valence-corrected chi connectivity index (χ0v) is 10.4. The summed E-state index contributed by atoms with van der Waals surface area (Å²) in [5, 5.41) is 0.103. The Bertz CT molecular complexity index is 607. The zero-order chi connectivity index (χ0) is 11.1. The molecular formula is C8H5BrClNO3S. The van der Waals surface area contributed by atoms with Gasteiger partial charge < -0.3 is 4.42 Å². The molecule has 0 saturated heterocycles. The second-order valence-corrected chi connectivity index (χ2v) is 5.82. The Morgan fingerprint density at radius 1 is 1.47 bits per heavy atom. The number of fused-ring (bicyclic) bond motifs is 1. The van der Waals surface area contributed by atoms with Crippen LogP contribution in [0.3, 0.4) is 0 Å². The first-order chi connectivity index (χ1) is 7.02. The van der Waals surface area contributed by atoms with Crippen molar-refractivity contribution in [2.75, 3.05) is 0 Å². The van der Waals surface area contributed by atoms with E-state index in [4.69, 9.17) is 15.1 Å². The van der Waals surface area contributed by atoms with E-state index in [1.54, 1.807) is 12.1 Å². The van der Waals surface area contributed by atoms with Crippen molar-refractivity contribution in [3.63, 3.8) is 0 Å². The molecule has 80 valence electrons. The summed E-state index contributed by atoms with van der Waals surface area (Å²) in [5.74, 6) is 0. The van der Waals surface area contributed by atoms with Gasteiger partial charge in [-0.2, -0.15) is 4.98 Å². The highest BCUT2D eigenvalue weighted by molar-refractivity contribution is 9.08. The molecule has 0 amide bonds. The van der Waals surface area contributed by atoms with E-state index in [9.17, 15) is 8.42 Å². The predicted octanol–water partition coefficient (Wildman–Crippen LogP) is 2.65. The minimum atomic E-state index is -3.91. The number of oxazole rings is 1. The average molecular weight is 311 g/mol. The molecule has 2 rings (SSSR count). The van der Waals surface area contributed by atoms with Gasteiger partial charge in [-0.25, -0.2) is 8.42 Å². The van der Waals surface area contributed by atoms with Crippen LogP contribution in [0, 0.1) is 0 Å². The first-order valence-corrected chi connectivity index (χ1v) is 7.34. The number of aromatic nitrogens is 1. The fourth-order valence-corrected chi connectivity index (χ4v) is 2.24. The van der Waals surface area contributed by atoms with E-state index in [-0.39, 0.29) is 0 Å². The van der Waals surface area contributed by atoms with E-state index in [0.29, 0.717) is 16.4 Å². The number of rotatable bonds is 2. The number of benzene rings is 1. The van der Waals surface area contributed by atoms with Crippen molar-refractivity contribution in [3.8, 4) is 0 Å². The van der Waals surface area contributed by atoms with Crippen molar-refractivity contribution in [2.24, 2.45) is 0 Å². The molecule has 0 aliphatic heterocycles. The van der Waals surface area contributed by atoms with Crippen molar-refractivity contribution >= 4 is 46.8 Å². The molecule has 0 spiro atoms. The molecular weight excluding hydrogens is 306 g/mol. The Labute approximate surface area is 98.8 Å². The van der Waals surface area contributed by atoms with Crippen LogP contribution in [0.1, 0.15) is 5.56 Å². The molecule has 0 aliphatic rings. The topological polar surface area (TPSA) is 60.2 Å². The number of hydrogen-bond donors (Lipinski definition) is 0. The van der Waals surface area contributed by atoms with E-state index in [1.807, 2.05) is 6.07 Å². The van der Waals surface area contributed by atoms with Gasteiger partial charge in [0.1, 0.15) is 5.52 Å². The number of alkyl halides is 1. The van der Waals surface area contributed by atoms with Gasteiger partial charge in [-0.1, -0.05) is 28.1 Å². The van der Waals surface area contributed by atoms with Crippen molar-refractivity contribution in [1.29, 1.82) is 0 Å². The van der Waals surface area contributed by atoms with Crippen molar-refractivity contribution < 1.29 is 12.8 Å². The Morgan fingerprint density at radius 3 is 2.80 bits per heavy atom. The zero-order valence-electron chi connectivity index (χ0n) is 7.28. The third-order valence-corrected chi connectivity index (χ3v) is 3.43. The second kappa shape index (κ2) is 3.77. The van der Waals surface area contributed by atoms with Gasteiger partial charge in [0, 0.05) is 16.0 Å². The van der Waals surface area contributed by atoms with Crippen LogP contribution < -0.4 is 0 Å². The molecule has 0 N–H and O–H groups in total. The summed E-state index contributed by atoms with van der Waals surface area (Å²) in [7, 11) is 1.22. The molecule has 0 fully saturated rings. The van der Waals surface area contributed by atoms with Crippen molar-refractivity contribution in [1.82, 2.24) is 4.98 Å². The summed E-state index contributed by atoms with van der Waals surface area (Å²) in [6.45, 7) is 0. The summed E-state index contributed by atoms with van der Waals surface area (Å²) in [4.78, 5) is 3.84. The summed E-state index contributed by atoms with van der Waals surface area (Å²) < 4.78 is 27.0. The molecule has 0 saturated carbocycles. The molecule has 0 bridgehead atoms. The average Bonchev–Trinajstić information content (AvgIpc) is 2.59. The first kappa shape index (κ1) is 10.9. The number of hydrogen-bond acceptors (Lipinski definition) is 4. The van der Waals surface area contributed by atoms with E-state index >= 15 is 0 Å². The summed E-state index contributed by atoms with van der Waals surface area (Å²) >= 11 is 3.27. The normalized spacial score (nSPS) is 12.1. The Kier molecular flexibility index (Phi) is 2.74. The predicted molar refractivity (Wildman–Crippen MR) is 59.7 cm³/mol. The highest BCUT2D eigenvalue weighted by Gasteiger charge is 2.19. The summed E-state index contributed by atoms with van der Waals surface area (Å²) in [6, 6.07) is 5.22. The van der Waals surface area contributed by atoms with E-state index < -0.39 is 14.3 Å². The van der Waals surface area contributed by atoms with E-state index in [0.717, 1.165) is 5.56 Å². The molecule has 1 aromatic carbocycles. The molecule has 0 radical (unpaired) electrons. The second-order valence-electron chi connectivity index (χ2n) is 2.82. The Hall–Kier alpha value is -0.590. The number of halogens is 2. The highest BCUT2D eigenvalue weighted by atomic mass is 79.9. The lowest BCUT2D eigenvalue weighted by atomic mass is 10.2. The monoisotopic (exact) mass is 309 g/mol. The van der Waals surface area contributed by atoms with Gasteiger partial charge in [0.05, 0.1) is 0 Å². The van der Waals surface area contributed by atoms with Crippen LogP contribution in [0.15, 0.2) is 27.8 Å². The van der Waals surface area contributed by atoms with Gasteiger partial charge in [0.25, 0.3) is 0 Å². The molecule has 15 heavy (non-hydrogen) atoms. The largest absolute Gasteiger partial charge is 0.427 e. The van der Waals surface area contributed by atoms with Gasteiger partial charge in [-0.15, -0.1) is 0 Å². The van der Waals surface area contributed by atoms with Gasteiger partial charge in [0.15, 0.2) is 5.58 Å². The van der Waals surface area contributed by atoms with Gasteiger partial charge in [0.2, 0.25) is 0 Å². The standard InChI is InChI=1S/C8H5BrClNO3S/c9-4-5-2-1-3-6-7(5)11-8(14-6)15(10,12)13/h1-3H,4H2. The summed E-state index contributed by atoms with van der Waals surface area (Å²) in [5.41, 5.74) is 1.77. The van der Waals surface area contributed by atoms with Gasteiger partial charge in [-0.05, 0) is 11.6 Å². The van der Waals surface area contributed by atoms with E-state index in [1.165, 1.54) is 0 Å². The molecule has 7 heteroatoms. The molecule has 0 unspecified atom stereocenters. The van der Waals surface area contributed by atoms with Crippen LogP contribution in [0.2, 0.25) is 0 Å². The fraction of sp³-hybridized carbons (Fsp3) is 0.125. The summed E-state index contributed by atoms with van der Waals surface area (Å²) in [6.07, 6.45) is 0.